The van der Waals surface area contributed by atoms with Crippen molar-refractivity contribution in [3.63, 3.8) is 0 Å². The second-order valence-corrected chi connectivity index (χ2v) is 12.7. The lowest BCUT2D eigenvalue weighted by atomic mass is 10.1. The number of hydrogen-bond acceptors (Lipinski definition) is 4. The van der Waals surface area contributed by atoms with Gasteiger partial charge < -0.3 is 10.2 Å². The zero-order valence-corrected chi connectivity index (χ0v) is 26.1. The standard InChI is InChI=1S/C31H37Cl2N3O4S/c1-5-23(4)34-31(38)28(6-2)35(19-18-24-10-8-7-9-11-24)30(37)21-36(29-20-25(32)14-17-27(29)33)41(39,40)26-15-12-22(3)13-16-26/h7-17,20,23,28H,5-6,18-19,21H2,1-4H3,(H,34,38)/t23-,28-/m0/s1. The summed E-state index contributed by atoms with van der Waals surface area (Å²) < 4.78 is 28.9. The number of carbonyl (C=O) groups excluding carboxylic acids is 2. The fraction of sp³-hybridized carbons (Fsp3) is 0.355. The fourth-order valence-corrected chi connectivity index (χ4v) is 6.23. The van der Waals surface area contributed by atoms with Gasteiger partial charge in [-0.1, -0.05) is 85.1 Å². The average Bonchev–Trinajstić information content (AvgIpc) is 2.95. The molecule has 0 saturated heterocycles. The molecule has 0 aliphatic carbocycles. The van der Waals surface area contributed by atoms with Crippen LogP contribution in [0.3, 0.4) is 0 Å². The quantitative estimate of drug-likeness (QED) is 0.245. The van der Waals surface area contributed by atoms with E-state index in [2.05, 4.69) is 5.32 Å². The van der Waals surface area contributed by atoms with Gasteiger partial charge in [0.15, 0.2) is 0 Å². The Morgan fingerprint density at radius 3 is 2.20 bits per heavy atom. The van der Waals surface area contributed by atoms with Crippen LogP contribution in [-0.4, -0.2) is 50.3 Å². The number of nitrogens with one attached hydrogen (secondary N) is 1. The number of aryl methyl sites for hydroxylation is 1. The number of carbonyl (C=O) groups is 2. The first kappa shape index (κ1) is 32.4. The summed E-state index contributed by atoms with van der Waals surface area (Å²) in [4.78, 5) is 28.9. The number of amides is 2. The maximum absolute atomic E-state index is 14.1. The van der Waals surface area contributed by atoms with Crippen molar-refractivity contribution in [2.45, 2.75) is 63.9 Å². The van der Waals surface area contributed by atoms with Crippen LogP contribution in [0.2, 0.25) is 10.0 Å². The van der Waals surface area contributed by atoms with E-state index in [1.807, 2.05) is 58.0 Å². The van der Waals surface area contributed by atoms with Crippen LogP contribution in [0.1, 0.15) is 44.7 Å². The molecule has 0 bridgehead atoms. The van der Waals surface area contributed by atoms with E-state index in [-0.39, 0.29) is 39.1 Å². The van der Waals surface area contributed by atoms with Crippen LogP contribution >= 0.6 is 23.2 Å². The summed E-state index contributed by atoms with van der Waals surface area (Å²) >= 11 is 12.7. The first-order valence-corrected chi connectivity index (χ1v) is 15.9. The first-order valence-electron chi connectivity index (χ1n) is 13.7. The van der Waals surface area contributed by atoms with Crippen molar-refractivity contribution in [3.05, 3.63) is 94.0 Å². The summed E-state index contributed by atoms with van der Waals surface area (Å²) in [5.41, 5.74) is 1.95. The molecule has 0 spiro atoms. The van der Waals surface area contributed by atoms with E-state index in [4.69, 9.17) is 23.2 Å². The second-order valence-electron chi connectivity index (χ2n) is 9.99. The number of hydrogen-bond donors (Lipinski definition) is 1. The minimum Gasteiger partial charge on any atom is -0.352 e. The molecule has 0 aliphatic rings. The molecule has 3 aromatic carbocycles. The van der Waals surface area contributed by atoms with Gasteiger partial charge in [-0.25, -0.2) is 8.42 Å². The molecule has 0 fully saturated rings. The predicted octanol–water partition coefficient (Wildman–Crippen LogP) is 6.26. The summed E-state index contributed by atoms with van der Waals surface area (Å²) in [5, 5.41) is 3.36. The summed E-state index contributed by atoms with van der Waals surface area (Å²) in [6.07, 6.45) is 1.57. The summed E-state index contributed by atoms with van der Waals surface area (Å²) in [6, 6.07) is 19.6. The molecule has 0 radical (unpaired) electrons. The topological polar surface area (TPSA) is 86.8 Å². The minimum atomic E-state index is -4.24. The third-order valence-electron chi connectivity index (χ3n) is 6.94. The molecule has 2 atom stereocenters. The van der Waals surface area contributed by atoms with Crippen molar-refractivity contribution in [2.24, 2.45) is 0 Å². The van der Waals surface area contributed by atoms with E-state index < -0.39 is 28.5 Å². The smallest absolute Gasteiger partial charge is 0.264 e. The zero-order chi connectivity index (χ0) is 30.2. The van der Waals surface area contributed by atoms with Gasteiger partial charge in [-0.05, 0) is 69.0 Å². The Morgan fingerprint density at radius 1 is 0.927 bits per heavy atom. The minimum absolute atomic E-state index is 0.00401. The molecule has 3 aromatic rings. The van der Waals surface area contributed by atoms with E-state index in [1.54, 1.807) is 18.2 Å². The number of nitrogens with zero attached hydrogens (tertiary/aromatic N) is 2. The largest absolute Gasteiger partial charge is 0.352 e. The molecule has 0 unspecified atom stereocenters. The van der Waals surface area contributed by atoms with Crippen LogP contribution in [0.25, 0.3) is 0 Å². The molecule has 0 saturated carbocycles. The average molecular weight is 619 g/mol. The lowest BCUT2D eigenvalue weighted by Crippen LogP contribution is -2.54. The monoisotopic (exact) mass is 617 g/mol. The van der Waals surface area contributed by atoms with Gasteiger partial charge in [0, 0.05) is 17.6 Å². The molecule has 1 N–H and O–H groups in total. The van der Waals surface area contributed by atoms with Crippen LogP contribution in [0.4, 0.5) is 5.69 Å². The highest BCUT2D eigenvalue weighted by Crippen LogP contribution is 2.33. The SMILES string of the molecule is CC[C@H](C)NC(=O)[C@H](CC)N(CCc1ccccc1)C(=O)CN(c1cc(Cl)ccc1Cl)S(=O)(=O)c1ccc(C)cc1. The van der Waals surface area contributed by atoms with Gasteiger partial charge in [-0.15, -0.1) is 0 Å². The molecule has 10 heteroatoms. The Balaban J connectivity index is 2.05. The summed E-state index contributed by atoms with van der Waals surface area (Å²) in [5.74, 6) is -0.809. The van der Waals surface area contributed by atoms with Crippen molar-refractivity contribution < 1.29 is 18.0 Å². The number of anilines is 1. The van der Waals surface area contributed by atoms with Gasteiger partial charge in [-0.2, -0.15) is 0 Å². The summed E-state index contributed by atoms with van der Waals surface area (Å²) in [7, 11) is -4.24. The lowest BCUT2D eigenvalue weighted by Gasteiger charge is -2.34. The highest BCUT2D eigenvalue weighted by molar-refractivity contribution is 7.92. The van der Waals surface area contributed by atoms with E-state index in [0.29, 0.717) is 12.8 Å². The summed E-state index contributed by atoms with van der Waals surface area (Å²) in [6.45, 7) is 7.20. The van der Waals surface area contributed by atoms with Crippen molar-refractivity contribution in [1.82, 2.24) is 10.2 Å². The highest BCUT2D eigenvalue weighted by atomic mass is 35.5. The van der Waals surface area contributed by atoms with Gasteiger partial charge in [0.25, 0.3) is 10.0 Å². The van der Waals surface area contributed by atoms with E-state index >= 15 is 0 Å². The predicted molar refractivity (Wildman–Crippen MR) is 166 cm³/mol. The van der Waals surface area contributed by atoms with Gasteiger partial charge in [0.05, 0.1) is 15.6 Å². The van der Waals surface area contributed by atoms with Gasteiger partial charge in [-0.3, -0.25) is 13.9 Å². The fourth-order valence-electron chi connectivity index (χ4n) is 4.36. The molecule has 3 rings (SSSR count). The third-order valence-corrected chi connectivity index (χ3v) is 9.26. The highest BCUT2D eigenvalue weighted by Gasteiger charge is 2.34. The normalized spacial score (nSPS) is 12.8. The van der Waals surface area contributed by atoms with E-state index in [9.17, 15) is 18.0 Å². The molecule has 0 heterocycles. The van der Waals surface area contributed by atoms with Crippen LogP contribution in [-0.2, 0) is 26.0 Å². The number of rotatable bonds is 13. The maximum Gasteiger partial charge on any atom is 0.264 e. The van der Waals surface area contributed by atoms with Crippen LogP contribution in [0.15, 0.2) is 77.7 Å². The molecule has 0 aliphatic heterocycles. The first-order chi connectivity index (χ1) is 19.5. The van der Waals surface area contributed by atoms with Crippen molar-refractivity contribution in [1.29, 1.82) is 0 Å². The third kappa shape index (κ3) is 8.47. The van der Waals surface area contributed by atoms with Crippen molar-refractivity contribution in [2.75, 3.05) is 17.4 Å². The maximum atomic E-state index is 14.1. The lowest BCUT2D eigenvalue weighted by molar-refractivity contribution is -0.139. The molecular formula is C31H37Cl2N3O4S. The molecule has 2 amide bonds. The Kier molecular flexibility index (Phi) is 11.6. The number of sulfonamides is 1. The van der Waals surface area contributed by atoms with Gasteiger partial charge >= 0.3 is 0 Å². The van der Waals surface area contributed by atoms with E-state index in [1.165, 1.54) is 29.2 Å². The molecule has 0 aromatic heterocycles. The Labute approximate surface area is 253 Å². The Morgan fingerprint density at radius 2 is 1.59 bits per heavy atom. The number of halogens is 2. The second kappa shape index (κ2) is 14.7. The van der Waals surface area contributed by atoms with Gasteiger partial charge in [0.2, 0.25) is 11.8 Å². The van der Waals surface area contributed by atoms with Crippen molar-refractivity contribution >= 4 is 50.7 Å². The number of benzene rings is 3. The zero-order valence-electron chi connectivity index (χ0n) is 23.8. The molecule has 41 heavy (non-hydrogen) atoms. The molecular weight excluding hydrogens is 581 g/mol. The van der Waals surface area contributed by atoms with Crippen molar-refractivity contribution in [3.8, 4) is 0 Å². The van der Waals surface area contributed by atoms with Crippen LogP contribution in [0, 0.1) is 6.92 Å². The van der Waals surface area contributed by atoms with Gasteiger partial charge in [0.1, 0.15) is 12.6 Å². The molecule has 7 nitrogen and oxygen atoms in total. The van der Waals surface area contributed by atoms with E-state index in [0.717, 1.165) is 21.9 Å². The van der Waals surface area contributed by atoms with Crippen LogP contribution < -0.4 is 9.62 Å². The molecule has 220 valence electrons. The van der Waals surface area contributed by atoms with Crippen LogP contribution in [0.5, 0.6) is 0 Å². The Bertz CT molecular complexity index is 1430. The Hall–Kier alpha value is -3.07.